The van der Waals surface area contributed by atoms with E-state index in [1.54, 1.807) is 18.2 Å². The van der Waals surface area contributed by atoms with Crippen LogP contribution < -0.4 is 10.2 Å². The summed E-state index contributed by atoms with van der Waals surface area (Å²) in [5.74, 6) is -2.00. The lowest BCUT2D eigenvalue weighted by atomic mass is 10.1. The van der Waals surface area contributed by atoms with E-state index in [1.165, 1.54) is 4.90 Å². The van der Waals surface area contributed by atoms with Crippen LogP contribution in [0.5, 0.6) is 0 Å². The fourth-order valence-corrected chi connectivity index (χ4v) is 4.01. The quantitative estimate of drug-likeness (QED) is 0.576. The van der Waals surface area contributed by atoms with Gasteiger partial charge in [-0.1, -0.05) is 45.2 Å². The molecule has 0 aliphatic carbocycles. The van der Waals surface area contributed by atoms with Gasteiger partial charge < -0.3 is 15.0 Å². The molecule has 1 aliphatic rings. The number of amides is 2. The Morgan fingerprint density at radius 3 is 2.70 bits per heavy atom. The van der Waals surface area contributed by atoms with Crippen LogP contribution >= 0.6 is 39.1 Å². The molecule has 9 heteroatoms. The number of anilines is 2. The largest absolute Gasteiger partial charge is 0.455 e. The summed E-state index contributed by atoms with van der Waals surface area (Å²) in [4.78, 5) is 38.4. The Bertz CT molecular complexity index is 1030. The van der Waals surface area contributed by atoms with Crippen molar-refractivity contribution in [2.45, 2.75) is 20.3 Å². The summed E-state index contributed by atoms with van der Waals surface area (Å²) in [6, 6.07) is 8.69. The summed E-state index contributed by atoms with van der Waals surface area (Å²) in [6.45, 7) is 3.46. The Balaban J connectivity index is 1.58. The number of nitrogens with one attached hydrogen (secondary N) is 1. The summed E-state index contributed by atoms with van der Waals surface area (Å²) >= 11 is 15.6. The molecule has 1 fully saturated rings. The van der Waals surface area contributed by atoms with Gasteiger partial charge in [0.1, 0.15) is 0 Å². The first kappa shape index (κ1) is 22.6. The molecule has 30 heavy (non-hydrogen) atoms. The number of aryl methyl sites for hydroxylation is 2. The van der Waals surface area contributed by atoms with Crippen molar-refractivity contribution in [3.05, 3.63) is 56.0 Å². The maximum Gasteiger partial charge on any atom is 0.311 e. The van der Waals surface area contributed by atoms with E-state index in [0.29, 0.717) is 16.4 Å². The fourth-order valence-electron chi connectivity index (χ4n) is 3.16. The van der Waals surface area contributed by atoms with Crippen LogP contribution in [0.15, 0.2) is 34.8 Å². The van der Waals surface area contributed by atoms with Gasteiger partial charge in [0.05, 0.1) is 21.7 Å². The number of benzene rings is 2. The highest BCUT2D eigenvalue weighted by atomic mass is 79.9. The SMILES string of the molecule is Cc1cc(NC(=O)COC(=O)[C@H]2CC(=O)N(c3cccc(Cl)c3Cl)C2)c(C)cc1Br. The number of rotatable bonds is 5. The molecule has 0 radical (unpaired) electrons. The molecule has 1 N–H and O–H groups in total. The molecule has 1 atom stereocenters. The molecule has 2 aromatic rings. The van der Waals surface area contributed by atoms with E-state index >= 15 is 0 Å². The smallest absolute Gasteiger partial charge is 0.311 e. The predicted molar refractivity (Wildman–Crippen MR) is 120 cm³/mol. The maximum absolute atomic E-state index is 12.4. The van der Waals surface area contributed by atoms with E-state index in [1.807, 2.05) is 26.0 Å². The van der Waals surface area contributed by atoms with Gasteiger partial charge in [-0.3, -0.25) is 14.4 Å². The van der Waals surface area contributed by atoms with Crippen LogP contribution in [0.4, 0.5) is 11.4 Å². The van der Waals surface area contributed by atoms with Crippen LogP contribution in [0.25, 0.3) is 0 Å². The molecule has 0 bridgehead atoms. The third-order valence-corrected chi connectivity index (χ3v) is 6.47. The number of hydrogen-bond donors (Lipinski definition) is 1. The number of esters is 1. The van der Waals surface area contributed by atoms with E-state index < -0.39 is 24.4 Å². The van der Waals surface area contributed by atoms with E-state index in [9.17, 15) is 14.4 Å². The van der Waals surface area contributed by atoms with Gasteiger partial charge in [-0.15, -0.1) is 0 Å². The minimum atomic E-state index is -0.683. The normalized spacial score (nSPS) is 16.0. The molecular formula is C21H19BrCl2N2O4. The standard InChI is InChI=1S/C21H19BrCl2N2O4/c1-11-7-16(12(2)6-14(11)22)25-18(27)10-30-21(29)13-8-19(28)26(9-13)17-5-3-4-15(23)20(17)24/h3-7,13H,8-10H2,1-2H3,(H,25,27)/t13-/m0/s1. The molecule has 1 aliphatic heterocycles. The van der Waals surface area contributed by atoms with E-state index in [2.05, 4.69) is 21.2 Å². The van der Waals surface area contributed by atoms with Crippen LogP contribution in [0, 0.1) is 19.8 Å². The summed E-state index contributed by atoms with van der Waals surface area (Å²) in [7, 11) is 0. The van der Waals surface area contributed by atoms with Crippen molar-refractivity contribution < 1.29 is 19.1 Å². The van der Waals surface area contributed by atoms with Crippen LogP contribution in [0.1, 0.15) is 17.5 Å². The second kappa shape index (κ2) is 9.37. The van der Waals surface area contributed by atoms with Crippen molar-refractivity contribution in [2.24, 2.45) is 5.92 Å². The number of hydrogen-bond acceptors (Lipinski definition) is 4. The predicted octanol–water partition coefficient (Wildman–Crippen LogP) is 4.91. The monoisotopic (exact) mass is 512 g/mol. The van der Waals surface area contributed by atoms with Crippen molar-refractivity contribution >= 4 is 68.3 Å². The third-order valence-electron chi connectivity index (χ3n) is 4.81. The van der Waals surface area contributed by atoms with Gasteiger partial charge in [0, 0.05) is 23.1 Å². The molecular weight excluding hydrogens is 495 g/mol. The lowest BCUT2D eigenvalue weighted by molar-refractivity contribution is -0.151. The number of carbonyl (C=O) groups is 3. The minimum Gasteiger partial charge on any atom is -0.455 e. The highest BCUT2D eigenvalue weighted by molar-refractivity contribution is 9.10. The molecule has 158 valence electrons. The molecule has 0 unspecified atom stereocenters. The molecule has 1 heterocycles. The molecule has 3 rings (SSSR count). The van der Waals surface area contributed by atoms with Gasteiger partial charge in [-0.2, -0.15) is 0 Å². The Hall–Kier alpha value is -2.09. The van der Waals surface area contributed by atoms with Gasteiger partial charge in [0.25, 0.3) is 5.91 Å². The van der Waals surface area contributed by atoms with Crippen LogP contribution in [0.2, 0.25) is 10.0 Å². The first-order valence-corrected chi connectivity index (χ1v) is 10.7. The molecule has 1 saturated heterocycles. The van der Waals surface area contributed by atoms with Crippen molar-refractivity contribution in [3.8, 4) is 0 Å². The maximum atomic E-state index is 12.4. The average Bonchev–Trinajstić information content (AvgIpc) is 3.08. The highest BCUT2D eigenvalue weighted by Gasteiger charge is 2.37. The number of nitrogens with zero attached hydrogens (tertiary/aromatic N) is 1. The Labute approximate surface area is 192 Å². The summed E-state index contributed by atoms with van der Waals surface area (Å²) in [5.41, 5.74) is 2.94. The zero-order valence-electron chi connectivity index (χ0n) is 16.3. The number of ether oxygens (including phenoxy) is 1. The molecule has 0 saturated carbocycles. The molecule has 2 aromatic carbocycles. The van der Waals surface area contributed by atoms with Crippen LogP contribution in [-0.4, -0.2) is 30.9 Å². The molecule has 0 aromatic heterocycles. The third kappa shape index (κ3) is 4.96. The lowest BCUT2D eigenvalue weighted by Gasteiger charge is -2.18. The van der Waals surface area contributed by atoms with Crippen molar-refractivity contribution in [2.75, 3.05) is 23.4 Å². The summed E-state index contributed by atoms with van der Waals surface area (Å²) < 4.78 is 6.09. The zero-order valence-corrected chi connectivity index (χ0v) is 19.4. The Morgan fingerprint density at radius 2 is 1.97 bits per heavy atom. The zero-order chi connectivity index (χ0) is 22.0. The van der Waals surface area contributed by atoms with Gasteiger partial charge >= 0.3 is 5.97 Å². The topological polar surface area (TPSA) is 75.7 Å². The van der Waals surface area contributed by atoms with E-state index in [4.69, 9.17) is 27.9 Å². The van der Waals surface area contributed by atoms with E-state index in [-0.39, 0.29) is 23.9 Å². The highest BCUT2D eigenvalue weighted by Crippen LogP contribution is 2.36. The Kier molecular flexibility index (Phi) is 7.06. The second-order valence-corrected chi connectivity index (χ2v) is 8.69. The minimum absolute atomic E-state index is 0.0195. The van der Waals surface area contributed by atoms with Gasteiger partial charge in [0.15, 0.2) is 6.61 Å². The first-order chi connectivity index (χ1) is 14.2. The molecule has 6 nitrogen and oxygen atoms in total. The van der Waals surface area contributed by atoms with E-state index in [0.717, 1.165) is 15.6 Å². The first-order valence-electron chi connectivity index (χ1n) is 9.15. The molecule has 0 spiro atoms. The number of halogens is 3. The number of carbonyl (C=O) groups excluding carboxylic acids is 3. The van der Waals surface area contributed by atoms with Gasteiger partial charge in [-0.25, -0.2) is 0 Å². The van der Waals surface area contributed by atoms with Crippen molar-refractivity contribution in [1.29, 1.82) is 0 Å². The fraction of sp³-hybridized carbons (Fsp3) is 0.286. The molecule has 2 amide bonds. The van der Waals surface area contributed by atoms with Crippen LogP contribution in [-0.2, 0) is 19.1 Å². The van der Waals surface area contributed by atoms with Gasteiger partial charge in [0.2, 0.25) is 5.91 Å². The lowest BCUT2D eigenvalue weighted by Crippen LogP contribution is -2.28. The summed E-state index contributed by atoms with van der Waals surface area (Å²) in [5, 5.41) is 3.31. The van der Waals surface area contributed by atoms with Crippen molar-refractivity contribution in [1.82, 2.24) is 0 Å². The second-order valence-electron chi connectivity index (χ2n) is 7.05. The average molecular weight is 514 g/mol. The van der Waals surface area contributed by atoms with Gasteiger partial charge in [-0.05, 0) is 49.2 Å². The van der Waals surface area contributed by atoms with Crippen LogP contribution in [0.3, 0.4) is 0 Å². The summed E-state index contributed by atoms with van der Waals surface area (Å²) in [6.07, 6.45) is -0.0195. The van der Waals surface area contributed by atoms with Crippen molar-refractivity contribution in [3.63, 3.8) is 0 Å². The Morgan fingerprint density at radius 1 is 1.23 bits per heavy atom.